The van der Waals surface area contributed by atoms with Gasteiger partial charge in [-0.15, -0.1) is 0 Å². The number of carbonyl (C=O) groups is 1. The second-order valence-electron chi connectivity index (χ2n) is 5.91. The van der Waals surface area contributed by atoms with E-state index in [1.807, 2.05) is 29.2 Å². The van der Waals surface area contributed by atoms with Crippen LogP contribution < -0.4 is 0 Å². The Kier molecular flexibility index (Phi) is 4.94. The van der Waals surface area contributed by atoms with E-state index in [4.69, 9.17) is 0 Å². The summed E-state index contributed by atoms with van der Waals surface area (Å²) < 4.78 is 0.881. The average molecular weight is 358 g/mol. The normalized spacial score (nSPS) is 15.8. The fourth-order valence-corrected chi connectivity index (χ4v) is 3.55. The molecule has 22 heavy (non-hydrogen) atoms. The molecule has 0 unspecified atom stereocenters. The van der Waals surface area contributed by atoms with Crippen molar-refractivity contribution < 1.29 is 4.79 Å². The van der Waals surface area contributed by atoms with E-state index >= 15 is 0 Å². The lowest BCUT2D eigenvalue weighted by Crippen LogP contribution is -2.39. The smallest absolute Gasteiger partial charge is 0.254 e. The average Bonchev–Trinajstić information content (AvgIpc) is 2.56. The number of piperidine rings is 1. The first-order valence-corrected chi connectivity index (χ1v) is 8.61. The molecule has 0 atom stereocenters. The Morgan fingerprint density at radius 2 is 1.64 bits per heavy atom. The monoisotopic (exact) mass is 357 g/mol. The lowest BCUT2D eigenvalue weighted by Gasteiger charge is -2.32. The van der Waals surface area contributed by atoms with Crippen LogP contribution >= 0.6 is 15.9 Å². The minimum Gasteiger partial charge on any atom is -0.339 e. The maximum absolute atomic E-state index is 12.6. The number of amides is 1. The first kappa shape index (κ1) is 15.3. The molecule has 0 saturated carbocycles. The van der Waals surface area contributed by atoms with Gasteiger partial charge >= 0.3 is 0 Å². The van der Waals surface area contributed by atoms with Crippen molar-refractivity contribution in [3.8, 4) is 0 Å². The molecule has 2 aromatic rings. The van der Waals surface area contributed by atoms with Gasteiger partial charge in [-0.25, -0.2) is 0 Å². The number of likely N-dealkylation sites (tertiary alicyclic amines) is 1. The molecule has 0 aliphatic carbocycles. The lowest BCUT2D eigenvalue weighted by molar-refractivity contribution is 0.0689. The van der Waals surface area contributed by atoms with Crippen LogP contribution in [0.3, 0.4) is 0 Å². The summed E-state index contributed by atoms with van der Waals surface area (Å²) in [7, 11) is 0. The van der Waals surface area contributed by atoms with Crippen molar-refractivity contribution in [3.63, 3.8) is 0 Å². The molecule has 0 radical (unpaired) electrons. The predicted octanol–water partition coefficient (Wildman–Crippen LogP) is 4.54. The summed E-state index contributed by atoms with van der Waals surface area (Å²) in [4.78, 5) is 14.6. The Labute approximate surface area is 140 Å². The highest BCUT2D eigenvalue weighted by atomic mass is 79.9. The molecule has 0 N–H and O–H groups in total. The predicted molar refractivity (Wildman–Crippen MR) is 92.9 cm³/mol. The maximum Gasteiger partial charge on any atom is 0.254 e. The number of nitrogens with zero attached hydrogens (tertiary/aromatic N) is 1. The number of rotatable bonds is 3. The van der Waals surface area contributed by atoms with Crippen molar-refractivity contribution in [1.82, 2.24) is 4.90 Å². The number of hydrogen-bond acceptors (Lipinski definition) is 1. The number of hydrogen-bond donors (Lipinski definition) is 0. The van der Waals surface area contributed by atoms with Crippen LogP contribution in [0, 0.1) is 5.92 Å². The number of benzene rings is 2. The van der Waals surface area contributed by atoms with Crippen molar-refractivity contribution >= 4 is 21.8 Å². The van der Waals surface area contributed by atoms with Gasteiger partial charge in [-0.3, -0.25) is 4.79 Å². The third-order valence-electron chi connectivity index (χ3n) is 4.37. The zero-order valence-corrected chi connectivity index (χ0v) is 14.1. The standard InChI is InChI=1S/C19H20BrNO/c20-18-9-5-4-8-17(18)19(22)21-12-10-16(11-13-21)14-15-6-2-1-3-7-15/h1-9,16H,10-14H2. The van der Waals surface area contributed by atoms with Crippen molar-refractivity contribution in [1.29, 1.82) is 0 Å². The van der Waals surface area contributed by atoms with Gasteiger partial charge in [0.25, 0.3) is 5.91 Å². The summed E-state index contributed by atoms with van der Waals surface area (Å²) in [5, 5.41) is 0. The lowest BCUT2D eigenvalue weighted by atomic mass is 9.90. The van der Waals surface area contributed by atoms with Crippen LogP contribution in [0.25, 0.3) is 0 Å². The fraction of sp³-hybridized carbons (Fsp3) is 0.316. The summed E-state index contributed by atoms with van der Waals surface area (Å²) in [6.07, 6.45) is 3.30. The van der Waals surface area contributed by atoms with E-state index < -0.39 is 0 Å². The highest BCUT2D eigenvalue weighted by molar-refractivity contribution is 9.10. The Morgan fingerprint density at radius 3 is 2.32 bits per heavy atom. The van der Waals surface area contributed by atoms with E-state index in [1.54, 1.807) is 0 Å². The van der Waals surface area contributed by atoms with Crippen LogP contribution in [0.1, 0.15) is 28.8 Å². The van der Waals surface area contributed by atoms with Crippen molar-refractivity contribution in [3.05, 3.63) is 70.2 Å². The van der Waals surface area contributed by atoms with E-state index in [0.29, 0.717) is 5.92 Å². The topological polar surface area (TPSA) is 20.3 Å². The van der Waals surface area contributed by atoms with Gasteiger partial charge in [0.2, 0.25) is 0 Å². The summed E-state index contributed by atoms with van der Waals surface area (Å²) in [6.45, 7) is 1.72. The molecule has 2 nitrogen and oxygen atoms in total. The fourth-order valence-electron chi connectivity index (χ4n) is 3.09. The first-order valence-electron chi connectivity index (χ1n) is 7.82. The molecule has 1 aliphatic rings. The van der Waals surface area contributed by atoms with Crippen LogP contribution in [-0.2, 0) is 6.42 Å². The minimum absolute atomic E-state index is 0.144. The summed E-state index contributed by atoms with van der Waals surface area (Å²) >= 11 is 3.47. The largest absolute Gasteiger partial charge is 0.339 e. The number of halogens is 1. The zero-order chi connectivity index (χ0) is 15.4. The molecule has 1 fully saturated rings. The van der Waals surface area contributed by atoms with Crippen LogP contribution in [0.15, 0.2) is 59.1 Å². The molecule has 114 valence electrons. The summed E-state index contributed by atoms with van der Waals surface area (Å²) in [5.74, 6) is 0.830. The van der Waals surface area contributed by atoms with E-state index in [9.17, 15) is 4.79 Å². The molecular weight excluding hydrogens is 338 g/mol. The molecule has 1 aliphatic heterocycles. The maximum atomic E-state index is 12.6. The summed E-state index contributed by atoms with van der Waals surface area (Å²) in [6, 6.07) is 18.3. The van der Waals surface area contributed by atoms with Crippen molar-refractivity contribution in [2.75, 3.05) is 13.1 Å². The van der Waals surface area contributed by atoms with Gasteiger partial charge in [0.15, 0.2) is 0 Å². The van der Waals surface area contributed by atoms with Crippen LogP contribution in [-0.4, -0.2) is 23.9 Å². The van der Waals surface area contributed by atoms with Gasteiger partial charge in [-0.1, -0.05) is 42.5 Å². The van der Waals surface area contributed by atoms with Gasteiger partial charge in [0, 0.05) is 17.6 Å². The molecule has 1 heterocycles. The van der Waals surface area contributed by atoms with Gasteiger partial charge in [0.05, 0.1) is 5.56 Å². The molecule has 1 saturated heterocycles. The highest BCUT2D eigenvalue weighted by Gasteiger charge is 2.24. The minimum atomic E-state index is 0.144. The van der Waals surface area contributed by atoms with E-state index in [0.717, 1.165) is 42.4 Å². The zero-order valence-electron chi connectivity index (χ0n) is 12.5. The molecule has 3 heteroatoms. The van der Waals surface area contributed by atoms with E-state index in [1.165, 1.54) is 5.56 Å². The molecule has 0 spiro atoms. The van der Waals surface area contributed by atoms with Crippen LogP contribution in [0.4, 0.5) is 0 Å². The second-order valence-corrected chi connectivity index (χ2v) is 6.76. The molecule has 3 rings (SSSR count). The van der Waals surface area contributed by atoms with Gasteiger partial charge in [-0.2, -0.15) is 0 Å². The Balaban J connectivity index is 1.58. The third-order valence-corrected chi connectivity index (χ3v) is 5.06. The summed E-state index contributed by atoms with van der Waals surface area (Å²) in [5.41, 5.74) is 2.17. The SMILES string of the molecule is O=C(c1ccccc1Br)N1CCC(Cc2ccccc2)CC1. The highest BCUT2D eigenvalue weighted by Crippen LogP contribution is 2.24. The third kappa shape index (κ3) is 3.58. The Hall–Kier alpha value is -1.61. The van der Waals surface area contributed by atoms with Crippen LogP contribution in [0.5, 0.6) is 0 Å². The van der Waals surface area contributed by atoms with Gasteiger partial charge in [0.1, 0.15) is 0 Å². The first-order chi connectivity index (χ1) is 10.7. The van der Waals surface area contributed by atoms with Crippen LogP contribution in [0.2, 0.25) is 0 Å². The van der Waals surface area contributed by atoms with E-state index in [-0.39, 0.29) is 5.91 Å². The van der Waals surface area contributed by atoms with Gasteiger partial charge < -0.3 is 4.90 Å². The van der Waals surface area contributed by atoms with Gasteiger partial charge in [-0.05, 0) is 58.8 Å². The molecule has 0 bridgehead atoms. The van der Waals surface area contributed by atoms with Crippen molar-refractivity contribution in [2.45, 2.75) is 19.3 Å². The van der Waals surface area contributed by atoms with E-state index in [2.05, 4.69) is 46.3 Å². The number of carbonyl (C=O) groups excluding carboxylic acids is 1. The Morgan fingerprint density at radius 1 is 1.00 bits per heavy atom. The molecular formula is C19H20BrNO. The molecule has 1 amide bonds. The Bertz CT molecular complexity index is 633. The molecule has 2 aromatic carbocycles. The second kappa shape index (κ2) is 7.10. The quantitative estimate of drug-likeness (QED) is 0.789. The van der Waals surface area contributed by atoms with Crippen molar-refractivity contribution in [2.24, 2.45) is 5.92 Å². The molecule has 0 aromatic heterocycles.